The molecule has 0 spiro atoms. The van der Waals surface area contributed by atoms with Gasteiger partial charge in [0.25, 0.3) is 11.6 Å². The molecule has 1 heterocycles. The summed E-state index contributed by atoms with van der Waals surface area (Å²) < 4.78 is 5.06. The largest absolute Gasteiger partial charge is 0.452 e. The summed E-state index contributed by atoms with van der Waals surface area (Å²) in [7, 11) is 0. The van der Waals surface area contributed by atoms with Crippen molar-refractivity contribution >= 4 is 23.3 Å². The van der Waals surface area contributed by atoms with Gasteiger partial charge >= 0.3 is 5.97 Å². The van der Waals surface area contributed by atoms with Crippen LogP contribution in [0.4, 0.5) is 11.4 Å². The van der Waals surface area contributed by atoms with E-state index in [1.807, 2.05) is 18.7 Å². The van der Waals surface area contributed by atoms with E-state index < -0.39 is 17.5 Å². The molecule has 1 aliphatic rings. The highest BCUT2D eigenvalue weighted by molar-refractivity contribution is 5.93. The first kappa shape index (κ1) is 20.4. The van der Waals surface area contributed by atoms with Crippen LogP contribution in [-0.2, 0) is 9.53 Å². The first-order chi connectivity index (χ1) is 12.8. The Morgan fingerprint density at radius 1 is 1.33 bits per heavy atom. The number of anilines is 1. The molecule has 0 saturated carbocycles. The third-order valence-electron chi connectivity index (χ3n) is 4.38. The summed E-state index contributed by atoms with van der Waals surface area (Å²) in [6.07, 6.45) is 1.97. The normalized spacial score (nSPS) is 13.3. The number of benzene rings is 1. The number of ether oxygens (including phenoxy) is 1. The molecule has 0 aromatic heterocycles. The van der Waals surface area contributed by atoms with Crippen LogP contribution in [0.2, 0.25) is 0 Å². The van der Waals surface area contributed by atoms with Crippen LogP contribution in [0.1, 0.15) is 37.0 Å². The van der Waals surface area contributed by atoms with Crippen LogP contribution < -0.4 is 4.90 Å². The fourth-order valence-electron chi connectivity index (χ4n) is 3.03. The van der Waals surface area contributed by atoms with E-state index in [1.165, 1.54) is 17.0 Å². The number of carbonyl (C=O) groups is 2. The Hall–Kier alpha value is -2.90. The van der Waals surface area contributed by atoms with E-state index in [2.05, 4.69) is 6.58 Å². The van der Waals surface area contributed by atoms with Gasteiger partial charge in [-0.1, -0.05) is 12.2 Å². The van der Waals surface area contributed by atoms with Crippen LogP contribution in [0, 0.1) is 10.1 Å². The van der Waals surface area contributed by atoms with Crippen LogP contribution >= 0.6 is 0 Å². The molecule has 0 N–H and O–H groups in total. The van der Waals surface area contributed by atoms with E-state index in [1.54, 1.807) is 6.07 Å². The monoisotopic (exact) mass is 375 g/mol. The van der Waals surface area contributed by atoms with Crippen molar-refractivity contribution in [3.63, 3.8) is 0 Å². The number of carbonyl (C=O) groups excluding carboxylic acids is 2. The first-order valence-electron chi connectivity index (χ1n) is 8.96. The lowest BCUT2D eigenvalue weighted by molar-refractivity contribution is -0.384. The number of rotatable bonds is 8. The Bertz CT molecular complexity index is 741. The molecule has 146 valence electrons. The summed E-state index contributed by atoms with van der Waals surface area (Å²) in [5.41, 5.74) is 1.25. The number of nitro benzene ring substituents is 1. The van der Waals surface area contributed by atoms with Crippen LogP contribution in [0.15, 0.2) is 30.4 Å². The van der Waals surface area contributed by atoms with Crippen molar-refractivity contribution in [3.05, 3.63) is 46.0 Å². The van der Waals surface area contributed by atoms with Crippen molar-refractivity contribution < 1.29 is 19.2 Å². The van der Waals surface area contributed by atoms with E-state index in [0.29, 0.717) is 18.8 Å². The molecule has 0 unspecified atom stereocenters. The molecule has 8 nitrogen and oxygen atoms in total. The number of hydrogen-bond acceptors (Lipinski definition) is 6. The van der Waals surface area contributed by atoms with Crippen molar-refractivity contribution in [1.29, 1.82) is 0 Å². The summed E-state index contributed by atoms with van der Waals surface area (Å²) in [6, 6.07) is 4.28. The molecule has 1 aromatic rings. The van der Waals surface area contributed by atoms with Gasteiger partial charge in [-0.05, 0) is 38.8 Å². The lowest BCUT2D eigenvalue weighted by Crippen LogP contribution is -2.35. The third kappa shape index (κ3) is 5.29. The number of esters is 1. The number of likely N-dealkylation sites (N-methyl/N-ethyl adjacent to an activating group) is 1. The van der Waals surface area contributed by atoms with Crippen molar-refractivity contribution in [3.8, 4) is 0 Å². The molecule has 1 saturated heterocycles. The molecular weight excluding hydrogens is 350 g/mol. The first-order valence-corrected chi connectivity index (χ1v) is 8.96. The molecule has 2 rings (SSSR count). The van der Waals surface area contributed by atoms with Gasteiger partial charge in [-0.15, -0.1) is 0 Å². The van der Waals surface area contributed by atoms with Gasteiger partial charge in [-0.3, -0.25) is 14.9 Å². The molecular formula is C19H25N3O5. The maximum atomic E-state index is 12.2. The minimum atomic E-state index is -0.759. The molecule has 1 amide bonds. The molecule has 0 aliphatic carbocycles. The topological polar surface area (TPSA) is 93.0 Å². The zero-order valence-electron chi connectivity index (χ0n) is 15.8. The van der Waals surface area contributed by atoms with Gasteiger partial charge in [0, 0.05) is 32.2 Å². The van der Waals surface area contributed by atoms with E-state index in [9.17, 15) is 19.7 Å². The maximum Gasteiger partial charge on any atom is 0.338 e. The number of hydrogen-bond donors (Lipinski definition) is 0. The third-order valence-corrected chi connectivity index (χ3v) is 4.38. The summed E-state index contributed by atoms with van der Waals surface area (Å²) in [4.78, 5) is 38.8. The lowest BCUT2D eigenvalue weighted by atomic mass is 10.1. The van der Waals surface area contributed by atoms with E-state index in [0.717, 1.165) is 31.5 Å². The van der Waals surface area contributed by atoms with E-state index in [4.69, 9.17) is 4.74 Å². The van der Waals surface area contributed by atoms with Gasteiger partial charge in [0.2, 0.25) is 0 Å². The summed E-state index contributed by atoms with van der Waals surface area (Å²) in [6.45, 7) is 9.36. The van der Waals surface area contributed by atoms with Crippen LogP contribution in [-0.4, -0.2) is 54.5 Å². The molecule has 1 aliphatic heterocycles. The van der Waals surface area contributed by atoms with Crippen LogP contribution in [0.25, 0.3) is 0 Å². The average Bonchev–Trinajstić information content (AvgIpc) is 3.17. The minimum absolute atomic E-state index is 0.0559. The zero-order chi connectivity index (χ0) is 20.0. The Morgan fingerprint density at radius 2 is 2.00 bits per heavy atom. The highest BCUT2D eigenvalue weighted by atomic mass is 16.6. The van der Waals surface area contributed by atoms with Gasteiger partial charge in [-0.25, -0.2) is 4.79 Å². The van der Waals surface area contributed by atoms with Crippen LogP contribution in [0.5, 0.6) is 0 Å². The van der Waals surface area contributed by atoms with Crippen molar-refractivity contribution in [2.24, 2.45) is 0 Å². The van der Waals surface area contributed by atoms with Gasteiger partial charge in [0.15, 0.2) is 6.61 Å². The Morgan fingerprint density at radius 3 is 2.56 bits per heavy atom. The maximum absolute atomic E-state index is 12.2. The average molecular weight is 375 g/mol. The van der Waals surface area contributed by atoms with Crippen molar-refractivity contribution in [1.82, 2.24) is 4.90 Å². The molecule has 0 bridgehead atoms. The fraction of sp³-hybridized carbons (Fsp3) is 0.474. The van der Waals surface area contributed by atoms with Gasteiger partial charge in [0.05, 0.1) is 10.5 Å². The number of nitro groups is 1. The molecule has 8 heteroatoms. The second-order valence-electron chi connectivity index (χ2n) is 6.60. The molecule has 0 radical (unpaired) electrons. The number of nitrogens with zero attached hydrogens (tertiary/aromatic N) is 3. The molecule has 1 fully saturated rings. The number of amides is 1. The molecule has 1 aromatic carbocycles. The van der Waals surface area contributed by atoms with Crippen LogP contribution in [0.3, 0.4) is 0 Å². The Balaban J connectivity index is 2.07. The minimum Gasteiger partial charge on any atom is -0.452 e. The second kappa shape index (κ2) is 9.16. The zero-order valence-corrected chi connectivity index (χ0v) is 15.8. The van der Waals surface area contributed by atoms with Gasteiger partial charge in [0.1, 0.15) is 5.69 Å². The molecule has 27 heavy (non-hydrogen) atoms. The van der Waals surface area contributed by atoms with E-state index >= 15 is 0 Å². The molecule has 0 atom stereocenters. The van der Waals surface area contributed by atoms with Gasteiger partial charge < -0.3 is 14.5 Å². The summed E-state index contributed by atoms with van der Waals surface area (Å²) in [5, 5.41) is 11.4. The standard InChI is InChI=1S/C19H25N3O5/c1-4-20(12-14(2)3)18(23)13-27-19(24)15-7-8-16(17(11-15)22(25)26)21-9-5-6-10-21/h7-8,11H,2,4-6,9-10,12-13H2,1,3H3. The SMILES string of the molecule is C=C(C)CN(CC)C(=O)COC(=O)c1ccc(N2CCCC2)c([N+](=O)[O-])c1. The van der Waals surface area contributed by atoms with E-state index in [-0.39, 0.29) is 17.2 Å². The predicted molar refractivity (Wildman–Crippen MR) is 102 cm³/mol. The summed E-state index contributed by atoms with van der Waals surface area (Å²) >= 11 is 0. The van der Waals surface area contributed by atoms with Gasteiger partial charge in [-0.2, -0.15) is 0 Å². The highest BCUT2D eigenvalue weighted by Crippen LogP contribution is 2.31. The predicted octanol–water partition coefficient (Wildman–Crippen LogP) is 2.78. The smallest absolute Gasteiger partial charge is 0.338 e. The highest BCUT2D eigenvalue weighted by Gasteiger charge is 2.24. The lowest BCUT2D eigenvalue weighted by Gasteiger charge is -2.20. The van der Waals surface area contributed by atoms with Crippen molar-refractivity contribution in [2.75, 3.05) is 37.7 Å². The second-order valence-corrected chi connectivity index (χ2v) is 6.60. The Labute approximate surface area is 158 Å². The van der Waals surface area contributed by atoms with Crippen molar-refractivity contribution in [2.45, 2.75) is 26.7 Å². The Kier molecular flexibility index (Phi) is 6.92. The fourth-order valence-corrected chi connectivity index (χ4v) is 3.03. The quantitative estimate of drug-likeness (QED) is 0.300. The summed E-state index contributed by atoms with van der Waals surface area (Å²) in [5.74, 6) is -1.09.